The second-order valence-electron chi connectivity index (χ2n) is 6.37. The summed E-state index contributed by atoms with van der Waals surface area (Å²) in [6.07, 6.45) is 0.280. The van der Waals surface area contributed by atoms with E-state index in [0.29, 0.717) is 21.2 Å². The highest BCUT2D eigenvalue weighted by Gasteiger charge is 2.20. The lowest BCUT2D eigenvalue weighted by molar-refractivity contribution is 0.400. The molecule has 2 N–H and O–H groups in total. The molecule has 0 unspecified atom stereocenters. The van der Waals surface area contributed by atoms with E-state index < -0.39 is 5.75 Å². The number of benzene rings is 3. The van der Waals surface area contributed by atoms with Crippen LogP contribution in [0.5, 0.6) is 11.5 Å². The third kappa shape index (κ3) is 3.33. The normalized spacial score (nSPS) is 11.1. The lowest BCUT2D eigenvalue weighted by Crippen LogP contribution is -2.12. The zero-order chi connectivity index (χ0) is 19.8. The van der Waals surface area contributed by atoms with Gasteiger partial charge in [-0.15, -0.1) is 0 Å². The first-order valence-corrected chi connectivity index (χ1v) is 9.20. The molecule has 0 aliphatic heterocycles. The Morgan fingerprint density at radius 2 is 1.61 bits per heavy atom. The predicted molar refractivity (Wildman–Crippen MR) is 111 cm³/mol. The van der Waals surface area contributed by atoms with Gasteiger partial charge in [0.05, 0.1) is 5.39 Å². The van der Waals surface area contributed by atoms with E-state index in [1.807, 2.05) is 12.1 Å². The van der Waals surface area contributed by atoms with Crippen LogP contribution >= 0.6 is 23.2 Å². The van der Waals surface area contributed by atoms with Crippen molar-refractivity contribution in [3.8, 4) is 22.8 Å². The Bertz CT molecular complexity index is 1260. The summed E-state index contributed by atoms with van der Waals surface area (Å²) in [5.74, 6) is -0.566. The van der Waals surface area contributed by atoms with E-state index in [2.05, 4.69) is 0 Å². The van der Waals surface area contributed by atoms with Crippen LogP contribution < -0.4 is 5.43 Å². The van der Waals surface area contributed by atoms with Gasteiger partial charge in [0.15, 0.2) is 16.8 Å². The average Bonchev–Trinajstić information content (AvgIpc) is 2.67. The van der Waals surface area contributed by atoms with Crippen LogP contribution in [0.15, 0.2) is 69.9 Å². The molecule has 140 valence electrons. The fourth-order valence-corrected chi connectivity index (χ4v) is 3.55. The van der Waals surface area contributed by atoms with E-state index in [-0.39, 0.29) is 34.3 Å². The maximum atomic E-state index is 13.2. The topological polar surface area (TPSA) is 70.7 Å². The first-order chi connectivity index (χ1) is 13.4. The molecule has 28 heavy (non-hydrogen) atoms. The molecule has 0 aliphatic carbocycles. The van der Waals surface area contributed by atoms with E-state index in [4.69, 9.17) is 27.6 Å². The molecule has 0 atom stereocenters. The van der Waals surface area contributed by atoms with Gasteiger partial charge in [-0.25, -0.2) is 0 Å². The number of phenols is 2. The molecular formula is C22H14Cl2O4. The second kappa shape index (κ2) is 7.23. The van der Waals surface area contributed by atoms with E-state index in [1.54, 1.807) is 36.4 Å². The highest BCUT2D eigenvalue weighted by Crippen LogP contribution is 2.36. The number of rotatable bonds is 3. The lowest BCUT2D eigenvalue weighted by Gasteiger charge is -2.12. The number of halogens is 2. The Hall–Kier alpha value is -2.95. The summed E-state index contributed by atoms with van der Waals surface area (Å²) in [5, 5.41) is 21.2. The summed E-state index contributed by atoms with van der Waals surface area (Å²) < 4.78 is 5.93. The molecule has 0 aliphatic rings. The molecule has 6 heteroatoms. The van der Waals surface area contributed by atoms with Crippen molar-refractivity contribution in [2.75, 3.05) is 0 Å². The molecule has 3 aromatic carbocycles. The van der Waals surface area contributed by atoms with Gasteiger partial charge < -0.3 is 14.6 Å². The zero-order valence-corrected chi connectivity index (χ0v) is 16.0. The van der Waals surface area contributed by atoms with Gasteiger partial charge in [0, 0.05) is 27.6 Å². The summed E-state index contributed by atoms with van der Waals surface area (Å²) >= 11 is 12.2. The van der Waals surface area contributed by atoms with Crippen molar-refractivity contribution in [3.05, 3.63) is 92.1 Å². The number of fused-ring (bicyclic) bond motifs is 1. The zero-order valence-electron chi connectivity index (χ0n) is 14.4. The van der Waals surface area contributed by atoms with Crippen molar-refractivity contribution in [1.82, 2.24) is 0 Å². The fourth-order valence-electron chi connectivity index (χ4n) is 3.15. The molecule has 4 rings (SSSR count). The van der Waals surface area contributed by atoms with Crippen molar-refractivity contribution < 1.29 is 14.6 Å². The molecule has 0 bridgehead atoms. The highest BCUT2D eigenvalue weighted by molar-refractivity contribution is 6.31. The molecule has 0 amide bonds. The van der Waals surface area contributed by atoms with Crippen LogP contribution in [-0.2, 0) is 6.42 Å². The fraction of sp³-hybridized carbons (Fsp3) is 0.0455. The Balaban J connectivity index is 2.03. The third-order valence-electron chi connectivity index (χ3n) is 4.46. The number of hydrogen-bond acceptors (Lipinski definition) is 4. The van der Waals surface area contributed by atoms with Crippen molar-refractivity contribution in [2.45, 2.75) is 6.42 Å². The number of hydrogen-bond donors (Lipinski definition) is 2. The minimum atomic E-state index is -0.479. The quantitative estimate of drug-likeness (QED) is 0.419. The van der Waals surface area contributed by atoms with Crippen molar-refractivity contribution >= 4 is 34.2 Å². The predicted octanol–water partition coefficient (Wildman–Crippen LogP) is 5.77. The van der Waals surface area contributed by atoms with Gasteiger partial charge in [-0.05, 0) is 42.0 Å². The molecule has 0 fully saturated rings. The molecule has 1 heterocycles. The standard InChI is InChI=1S/C22H14Cl2O4/c23-14-5-1-3-12(9-14)10-17-19(26)16-7-8-18(25)20(27)22(16)28-21(17)13-4-2-6-15(24)11-13/h1-9,11,25,27H,10H2. The molecule has 0 spiro atoms. The van der Waals surface area contributed by atoms with Crippen molar-refractivity contribution in [1.29, 1.82) is 0 Å². The Morgan fingerprint density at radius 1 is 0.893 bits per heavy atom. The number of phenolic OH excluding ortho intramolecular Hbond substituents is 2. The summed E-state index contributed by atoms with van der Waals surface area (Å²) in [6, 6.07) is 16.8. The van der Waals surface area contributed by atoms with Crippen molar-refractivity contribution in [2.24, 2.45) is 0 Å². The van der Waals surface area contributed by atoms with Crippen LogP contribution in [0, 0.1) is 0 Å². The summed E-state index contributed by atoms with van der Waals surface area (Å²) in [7, 11) is 0. The Morgan fingerprint density at radius 3 is 2.32 bits per heavy atom. The minimum Gasteiger partial charge on any atom is -0.504 e. The van der Waals surface area contributed by atoms with Gasteiger partial charge in [-0.2, -0.15) is 0 Å². The summed E-state index contributed by atoms with van der Waals surface area (Å²) in [6.45, 7) is 0. The van der Waals surface area contributed by atoms with Gasteiger partial charge >= 0.3 is 0 Å². The van der Waals surface area contributed by atoms with Gasteiger partial charge in [-0.3, -0.25) is 4.79 Å². The molecular weight excluding hydrogens is 399 g/mol. The van der Waals surface area contributed by atoms with Gasteiger partial charge in [0.25, 0.3) is 0 Å². The van der Waals surface area contributed by atoms with Crippen LogP contribution in [0.3, 0.4) is 0 Å². The molecule has 0 saturated heterocycles. The SMILES string of the molecule is O=c1c(Cc2cccc(Cl)c2)c(-c2cccc(Cl)c2)oc2c(O)c(O)ccc12. The lowest BCUT2D eigenvalue weighted by atomic mass is 9.98. The molecule has 4 aromatic rings. The highest BCUT2D eigenvalue weighted by atomic mass is 35.5. The van der Waals surface area contributed by atoms with Gasteiger partial charge in [0.2, 0.25) is 5.75 Å². The Kier molecular flexibility index (Phi) is 4.75. The monoisotopic (exact) mass is 412 g/mol. The van der Waals surface area contributed by atoms with Gasteiger partial charge in [-0.1, -0.05) is 47.5 Å². The summed E-state index contributed by atoms with van der Waals surface area (Å²) in [5.41, 5.74) is 1.46. The van der Waals surface area contributed by atoms with E-state index in [0.717, 1.165) is 5.56 Å². The number of aromatic hydroxyl groups is 2. The third-order valence-corrected chi connectivity index (χ3v) is 4.93. The van der Waals surface area contributed by atoms with E-state index >= 15 is 0 Å². The largest absolute Gasteiger partial charge is 0.504 e. The first-order valence-electron chi connectivity index (χ1n) is 8.45. The smallest absolute Gasteiger partial charge is 0.201 e. The molecule has 1 aromatic heterocycles. The molecule has 0 saturated carbocycles. The maximum Gasteiger partial charge on any atom is 0.201 e. The average molecular weight is 413 g/mol. The molecule has 0 radical (unpaired) electrons. The van der Waals surface area contributed by atoms with E-state index in [9.17, 15) is 15.0 Å². The first kappa shape index (κ1) is 18.4. The van der Waals surface area contributed by atoms with Gasteiger partial charge in [0.1, 0.15) is 5.76 Å². The second-order valence-corrected chi connectivity index (χ2v) is 7.24. The van der Waals surface area contributed by atoms with Crippen LogP contribution in [0.4, 0.5) is 0 Å². The van der Waals surface area contributed by atoms with E-state index in [1.165, 1.54) is 12.1 Å². The van der Waals surface area contributed by atoms with Crippen LogP contribution in [-0.4, -0.2) is 10.2 Å². The van der Waals surface area contributed by atoms with Crippen molar-refractivity contribution in [3.63, 3.8) is 0 Å². The minimum absolute atomic E-state index is 0.0742. The van der Waals surface area contributed by atoms with Crippen LogP contribution in [0.25, 0.3) is 22.3 Å². The molecule has 4 nitrogen and oxygen atoms in total. The Labute approximate surface area is 170 Å². The van der Waals surface area contributed by atoms with Crippen LogP contribution in [0.1, 0.15) is 11.1 Å². The van der Waals surface area contributed by atoms with Crippen LogP contribution in [0.2, 0.25) is 10.0 Å². The summed E-state index contributed by atoms with van der Waals surface area (Å²) in [4.78, 5) is 13.2. The maximum absolute atomic E-state index is 13.2.